The molecule has 96 valence electrons. The number of aryl methyl sites for hydroxylation is 1. The van der Waals surface area contributed by atoms with E-state index in [0.717, 1.165) is 16.9 Å². The Bertz CT molecular complexity index is 639. The van der Waals surface area contributed by atoms with Gasteiger partial charge in [0.1, 0.15) is 5.15 Å². The summed E-state index contributed by atoms with van der Waals surface area (Å²) in [5.74, 6) is 0. The van der Waals surface area contributed by atoms with Crippen molar-refractivity contribution in [1.29, 1.82) is 0 Å². The number of para-hydroxylation sites is 1. The molecule has 0 aliphatic heterocycles. The highest BCUT2D eigenvalue weighted by Gasteiger charge is 2.11. The number of benzene rings is 1. The van der Waals surface area contributed by atoms with Crippen molar-refractivity contribution in [2.75, 3.05) is 6.54 Å². The van der Waals surface area contributed by atoms with Gasteiger partial charge in [-0.1, -0.05) is 47.1 Å². The van der Waals surface area contributed by atoms with Crippen molar-refractivity contribution in [3.63, 3.8) is 0 Å². The Morgan fingerprint density at radius 3 is 2.84 bits per heavy atom. The highest BCUT2D eigenvalue weighted by molar-refractivity contribution is 6.31. The number of aromatic nitrogens is 2. The largest absolute Gasteiger partial charge is 0.221 e. The first kappa shape index (κ1) is 13.2. The van der Waals surface area contributed by atoms with Gasteiger partial charge in [0.25, 0.3) is 0 Å². The molecular formula is C13H12ClN5. The summed E-state index contributed by atoms with van der Waals surface area (Å²) in [4.78, 5) is 2.68. The summed E-state index contributed by atoms with van der Waals surface area (Å²) in [6.07, 6.45) is 3.57. The number of hydrogen-bond donors (Lipinski definition) is 0. The maximum Gasteiger partial charge on any atom is 0.140 e. The SMILES string of the molecule is Cc1nn(-c2ccccc2)c(Cl)c1C=CCN=[N+]=[N-]. The fourth-order valence-corrected chi connectivity index (χ4v) is 2.03. The van der Waals surface area contributed by atoms with E-state index in [0.29, 0.717) is 11.7 Å². The summed E-state index contributed by atoms with van der Waals surface area (Å²) in [7, 11) is 0. The minimum atomic E-state index is 0.294. The fourth-order valence-electron chi connectivity index (χ4n) is 1.69. The third kappa shape index (κ3) is 2.96. The van der Waals surface area contributed by atoms with E-state index < -0.39 is 0 Å². The molecule has 5 nitrogen and oxygen atoms in total. The molecule has 1 heterocycles. The van der Waals surface area contributed by atoms with Gasteiger partial charge in [-0.25, -0.2) is 4.68 Å². The topological polar surface area (TPSA) is 66.6 Å². The third-order valence-corrected chi connectivity index (χ3v) is 2.95. The first-order valence-electron chi connectivity index (χ1n) is 5.72. The van der Waals surface area contributed by atoms with E-state index in [1.54, 1.807) is 10.8 Å². The van der Waals surface area contributed by atoms with Crippen LogP contribution in [0.3, 0.4) is 0 Å². The molecule has 0 aliphatic carbocycles. The minimum absolute atomic E-state index is 0.294. The highest BCUT2D eigenvalue weighted by atomic mass is 35.5. The minimum Gasteiger partial charge on any atom is -0.221 e. The van der Waals surface area contributed by atoms with E-state index in [-0.39, 0.29) is 0 Å². The summed E-state index contributed by atoms with van der Waals surface area (Å²) >= 11 is 6.32. The molecule has 1 aromatic carbocycles. The summed E-state index contributed by atoms with van der Waals surface area (Å²) in [6, 6.07) is 9.67. The van der Waals surface area contributed by atoms with Crippen molar-refractivity contribution in [3.05, 3.63) is 63.3 Å². The van der Waals surface area contributed by atoms with Crippen LogP contribution in [0.4, 0.5) is 0 Å². The summed E-state index contributed by atoms with van der Waals surface area (Å²) in [5, 5.41) is 8.39. The number of halogens is 1. The maximum atomic E-state index is 8.21. The third-order valence-electron chi connectivity index (χ3n) is 2.58. The fraction of sp³-hybridized carbons (Fsp3) is 0.154. The first-order valence-corrected chi connectivity index (χ1v) is 6.09. The summed E-state index contributed by atoms with van der Waals surface area (Å²) in [5.41, 5.74) is 10.8. The van der Waals surface area contributed by atoms with E-state index in [9.17, 15) is 0 Å². The van der Waals surface area contributed by atoms with Crippen molar-refractivity contribution >= 4 is 17.7 Å². The molecule has 2 aromatic rings. The number of rotatable bonds is 4. The smallest absolute Gasteiger partial charge is 0.140 e. The monoisotopic (exact) mass is 273 g/mol. The molecule has 2 rings (SSSR count). The van der Waals surface area contributed by atoms with Crippen molar-refractivity contribution < 1.29 is 0 Å². The van der Waals surface area contributed by atoms with Gasteiger partial charge in [0.05, 0.1) is 11.4 Å². The standard InChI is InChI=1S/C13H12ClN5/c1-10-12(8-5-9-16-18-15)13(14)19(17-10)11-6-3-2-4-7-11/h2-8H,9H2,1H3. The van der Waals surface area contributed by atoms with Crippen molar-refractivity contribution in [2.24, 2.45) is 5.11 Å². The van der Waals surface area contributed by atoms with E-state index >= 15 is 0 Å². The number of hydrogen-bond acceptors (Lipinski definition) is 2. The van der Waals surface area contributed by atoms with Gasteiger partial charge in [-0.2, -0.15) is 5.10 Å². The lowest BCUT2D eigenvalue weighted by molar-refractivity contribution is 0.863. The maximum absolute atomic E-state index is 8.21. The second-order valence-corrected chi connectivity index (χ2v) is 4.21. The Hall–Kier alpha value is -2.23. The van der Waals surface area contributed by atoms with Gasteiger partial charge in [0.2, 0.25) is 0 Å². The van der Waals surface area contributed by atoms with Crippen LogP contribution >= 0.6 is 11.6 Å². The lowest BCUT2D eigenvalue weighted by Gasteiger charge is -2.01. The van der Waals surface area contributed by atoms with Gasteiger partial charge in [0.15, 0.2) is 0 Å². The lowest BCUT2D eigenvalue weighted by atomic mass is 10.2. The Morgan fingerprint density at radius 1 is 1.42 bits per heavy atom. The zero-order valence-electron chi connectivity index (χ0n) is 10.4. The number of nitrogens with zero attached hydrogens (tertiary/aromatic N) is 5. The second-order valence-electron chi connectivity index (χ2n) is 3.85. The molecule has 0 aliphatic rings. The molecule has 0 bridgehead atoms. The van der Waals surface area contributed by atoms with E-state index in [1.807, 2.05) is 43.3 Å². The van der Waals surface area contributed by atoms with Gasteiger partial charge in [-0.3, -0.25) is 0 Å². The predicted octanol–water partition coefficient (Wildman–Crippen LogP) is 4.16. The quantitative estimate of drug-likeness (QED) is 0.468. The van der Waals surface area contributed by atoms with Crippen LogP contribution in [0.5, 0.6) is 0 Å². The van der Waals surface area contributed by atoms with Gasteiger partial charge >= 0.3 is 0 Å². The Kier molecular flexibility index (Phi) is 4.23. The average molecular weight is 274 g/mol. The molecule has 0 atom stereocenters. The highest BCUT2D eigenvalue weighted by Crippen LogP contribution is 2.24. The van der Waals surface area contributed by atoms with Gasteiger partial charge in [-0.05, 0) is 24.6 Å². The second kappa shape index (κ2) is 6.09. The molecule has 19 heavy (non-hydrogen) atoms. The zero-order valence-corrected chi connectivity index (χ0v) is 11.1. The van der Waals surface area contributed by atoms with Crippen molar-refractivity contribution in [2.45, 2.75) is 6.92 Å². The van der Waals surface area contributed by atoms with E-state index in [4.69, 9.17) is 17.1 Å². The van der Waals surface area contributed by atoms with Crippen LogP contribution in [0.2, 0.25) is 5.15 Å². The first-order chi connectivity index (χ1) is 9.24. The van der Waals surface area contributed by atoms with Crippen molar-refractivity contribution in [1.82, 2.24) is 9.78 Å². The molecular weight excluding hydrogens is 262 g/mol. The summed E-state index contributed by atoms with van der Waals surface area (Å²) < 4.78 is 1.68. The van der Waals surface area contributed by atoms with Crippen LogP contribution < -0.4 is 0 Å². The molecule has 0 radical (unpaired) electrons. The Balaban J connectivity index is 2.35. The normalized spacial score (nSPS) is 10.6. The molecule has 0 unspecified atom stereocenters. The summed E-state index contributed by atoms with van der Waals surface area (Å²) in [6.45, 7) is 2.18. The van der Waals surface area contributed by atoms with Crippen LogP contribution in [-0.2, 0) is 0 Å². The average Bonchev–Trinajstić information content (AvgIpc) is 2.72. The Labute approximate surface area is 115 Å². The van der Waals surface area contributed by atoms with Gasteiger partial charge in [0, 0.05) is 17.0 Å². The van der Waals surface area contributed by atoms with Gasteiger partial charge in [-0.15, -0.1) is 0 Å². The number of azide groups is 1. The zero-order chi connectivity index (χ0) is 13.7. The van der Waals surface area contributed by atoms with Gasteiger partial charge < -0.3 is 0 Å². The molecule has 0 spiro atoms. The molecule has 0 saturated carbocycles. The molecule has 0 N–H and O–H groups in total. The molecule has 0 fully saturated rings. The van der Waals surface area contributed by atoms with Crippen LogP contribution in [-0.4, -0.2) is 16.3 Å². The molecule has 0 amide bonds. The van der Waals surface area contributed by atoms with E-state index in [1.165, 1.54) is 0 Å². The molecule has 1 aromatic heterocycles. The van der Waals surface area contributed by atoms with Crippen LogP contribution in [0, 0.1) is 6.92 Å². The molecule has 0 saturated heterocycles. The van der Waals surface area contributed by atoms with Crippen LogP contribution in [0.25, 0.3) is 22.2 Å². The Morgan fingerprint density at radius 2 is 2.16 bits per heavy atom. The van der Waals surface area contributed by atoms with E-state index in [2.05, 4.69) is 15.1 Å². The van der Waals surface area contributed by atoms with Crippen LogP contribution in [0.1, 0.15) is 11.3 Å². The van der Waals surface area contributed by atoms with Crippen molar-refractivity contribution in [3.8, 4) is 5.69 Å². The molecule has 6 heteroatoms. The lowest BCUT2D eigenvalue weighted by Crippen LogP contribution is -1.95. The van der Waals surface area contributed by atoms with Crippen LogP contribution in [0.15, 0.2) is 41.5 Å². The predicted molar refractivity (Wildman–Crippen MR) is 76.4 cm³/mol.